The minimum atomic E-state index is -0.582. The lowest BCUT2D eigenvalue weighted by atomic mass is 10.3. The molecule has 29 heavy (non-hydrogen) atoms. The number of carbonyl (C=O) groups excluding carboxylic acids is 2. The number of aromatic nitrogens is 3. The van der Waals surface area contributed by atoms with Crippen LogP contribution >= 0.6 is 23.2 Å². The number of benzene rings is 2. The van der Waals surface area contributed by atoms with Gasteiger partial charge in [-0.25, -0.2) is 14.5 Å². The zero-order valence-corrected chi connectivity index (χ0v) is 17.1. The molecule has 8 nitrogen and oxygen atoms in total. The fraction of sp³-hybridized carbons (Fsp3) is 0.158. The van der Waals surface area contributed by atoms with Crippen LogP contribution in [0.2, 0.25) is 10.0 Å². The number of rotatable bonds is 5. The summed E-state index contributed by atoms with van der Waals surface area (Å²) in [6.45, 7) is 1.89. The molecule has 0 atom stereocenters. The highest BCUT2D eigenvalue weighted by Gasteiger charge is 2.19. The monoisotopic (exact) mass is 433 g/mol. The zero-order valence-electron chi connectivity index (χ0n) is 15.6. The molecule has 1 aromatic heterocycles. The Bertz CT molecular complexity index is 1030. The molecule has 150 valence electrons. The third-order valence-electron chi connectivity index (χ3n) is 3.92. The third-order valence-corrected chi connectivity index (χ3v) is 4.53. The average molecular weight is 434 g/mol. The molecule has 1 heterocycles. The van der Waals surface area contributed by atoms with Gasteiger partial charge in [-0.1, -0.05) is 36.2 Å². The van der Waals surface area contributed by atoms with Gasteiger partial charge in [0.05, 0.1) is 17.2 Å². The van der Waals surface area contributed by atoms with E-state index in [1.165, 1.54) is 11.8 Å². The molecule has 3 rings (SSSR count). The Morgan fingerprint density at radius 1 is 1.03 bits per heavy atom. The Labute approximate surface area is 176 Å². The van der Waals surface area contributed by atoms with Crippen LogP contribution in [0.15, 0.2) is 42.5 Å². The molecular formula is C19H17Cl2N5O3. The maximum Gasteiger partial charge on any atom is 0.411 e. The molecule has 0 aliphatic carbocycles. The number of ether oxygens (including phenoxy) is 1. The number of nitrogens with zero attached hydrogens (tertiary/aromatic N) is 3. The van der Waals surface area contributed by atoms with E-state index in [-0.39, 0.29) is 5.82 Å². The quantitative estimate of drug-likeness (QED) is 0.613. The lowest BCUT2D eigenvalue weighted by Gasteiger charge is -2.08. The first-order valence-corrected chi connectivity index (χ1v) is 9.35. The number of anilines is 2. The van der Waals surface area contributed by atoms with Gasteiger partial charge >= 0.3 is 6.09 Å². The van der Waals surface area contributed by atoms with E-state index in [4.69, 9.17) is 23.2 Å². The summed E-state index contributed by atoms with van der Waals surface area (Å²) in [5.74, 6) is 0.0349. The van der Waals surface area contributed by atoms with E-state index >= 15 is 0 Å². The first-order valence-electron chi connectivity index (χ1n) is 8.59. The second-order valence-electron chi connectivity index (χ2n) is 5.84. The van der Waals surface area contributed by atoms with Crippen molar-refractivity contribution in [3.63, 3.8) is 0 Å². The maximum atomic E-state index is 12.6. The molecule has 0 aliphatic heterocycles. The molecule has 0 saturated carbocycles. The van der Waals surface area contributed by atoms with Crippen LogP contribution in [0.4, 0.5) is 16.2 Å². The molecule has 0 saturated heterocycles. The average Bonchev–Trinajstić information content (AvgIpc) is 3.13. The van der Waals surface area contributed by atoms with Crippen molar-refractivity contribution in [1.82, 2.24) is 14.8 Å². The van der Waals surface area contributed by atoms with Crippen LogP contribution in [-0.2, 0) is 11.2 Å². The Balaban J connectivity index is 1.82. The molecule has 0 unspecified atom stereocenters. The predicted molar refractivity (Wildman–Crippen MR) is 111 cm³/mol. The second-order valence-corrected chi connectivity index (χ2v) is 6.65. The van der Waals surface area contributed by atoms with Gasteiger partial charge in [0.1, 0.15) is 11.5 Å². The van der Waals surface area contributed by atoms with E-state index in [0.717, 1.165) is 0 Å². The fourth-order valence-corrected chi connectivity index (χ4v) is 3.09. The summed E-state index contributed by atoms with van der Waals surface area (Å²) in [5, 5.41) is 10.3. The van der Waals surface area contributed by atoms with Crippen molar-refractivity contribution in [2.45, 2.75) is 13.3 Å². The van der Waals surface area contributed by atoms with Gasteiger partial charge in [0.15, 0.2) is 0 Å². The number of methoxy groups -OCH3 is 1. The topological polar surface area (TPSA) is 98.1 Å². The predicted octanol–water partition coefficient (Wildman–Crippen LogP) is 4.57. The van der Waals surface area contributed by atoms with Crippen molar-refractivity contribution in [3.8, 4) is 5.69 Å². The molecule has 0 aliphatic rings. The standard InChI is InChI=1S/C19H17Cl2N5O3/c1-3-15-24-17(25-26(15)16-13(20)5-4-6-14(16)21)18(27)22-11-7-9-12(10-8-11)23-19(28)29-2/h4-10H,3H2,1-2H3,(H,22,27)(H,23,28). The van der Waals surface area contributed by atoms with Gasteiger partial charge in [-0.2, -0.15) is 0 Å². The highest BCUT2D eigenvalue weighted by Crippen LogP contribution is 2.28. The Morgan fingerprint density at radius 3 is 2.17 bits per heavy atom. The molecular weight excluding hydrogens is 417 g/mol. The van der Waals surface area contributed by atoms with E-state index in [9.17, 15) is 9.59 Å². The summed E-state index contributed by atoms with van der Waals surface area (Å²) in [5.41, 5.74) is 1.51. The van der Waals surface area contributed by atoms with E-state index in [2.05, 4.69) is 25.5 Å². The van der Waals surface area contributed by atoms with Crippen molar-refractivity contribution in [2.75, 3.05) is 17.7 Å². The number of halogens is 2. The molecule has 0 bridgehead atoms. The van der Waals surface area contributed by atoms with Crippen LogP contribution in [0.25, 0.3) is 5.69 Å². The number of carbonyl (C=O) groups is 2. The van der Waals surface area contributed by atoms with Crippen LogP contribution in [0, 0.1) is 0 Å². The number of aryl methyl sites for hydroxylation is 1. The summed E-state index contributed by atoms with van der Waals surface area (Å²) >= 11 is 12.5. The summed E-state index contributed by atoms with van der Waals surface area (Å²) in [6, 6.07) is 11.6. The molecule has 0 fully saturated rings. The number of para-hydroxylation sites is 1. The molecule has 2 amide bonds. The van der Waals surface area contributed by atoms with Crippen molar-refractivity contribution >= 4 is 46.6 Å². The van der Waals surface area contributed by atoms with Gasteiger partial charge in [0.25, 0.3) is 5.91 Å². The zero-order chi connectivity index (χ0) is 21.0. The number of amides is 2. The van der Waals surface area contributed by atoms with Crippen LogP contribution in [0.5, 0.6) is 0 Å². The summed E-state index contributed by atoms with van der Waals surface area (Å²) in [4.78, 5) is 28.1. The Kier molecular flexibility index (Phi) is 6.36. The van der Waals surface area contributed by atoms with Crippen molar-refractivity contribution in [2.24, 2.45) is 0 Å². The van der Waals surface area contributed by atoms with E-state index < -0.39 is 12.0 Å². The Morgan fingerprint density at radius 2 is 1.62 bits per heavy atom. The maximum absolute atomic E-state index is 12.6. The first kappa shape index (κ1) is 20.6. The number of hydrogen-bond donors (Lipinski definition) is 2. The van der Waals surface area contributed by atoms with Crippen molar-refractivity contribution in [3.05, 3.63) is 64.2 Å². The third kappa shape index (κ3) is 4.67. The van der Waals surface area contributed by atoms with Crippen molar-refractivity contribution in [1.29, 1.82) is 0 Å². The van der Waals surface area contributed by atoms with Gasteiger partial charge in [0, 0.05) is 17.8 Å². The lowest BCUT2D eigenvalue weighted by Crippen LogP contribution is -2.15. The fourth-order valence-electron chi connectivity index (χ4n) is 2.53. The normalized spacial score (nSPS) is 10.5. The summed E-state index contributed by atoms with van der Waals surface area (Å²) in [6.07, 6.45) is -0.0581. The molecule has 2 aromatic carbocycles. The van der Waals surface area contributed by atoms with Gasteiger partial charge in [-0.05, 0) is 36.4 Å². The molecule has 3 aromatic rings. The van der Waals surface area contributed by atoms with E-state index in [0.29, 0.717) is 39.4 Å². The van der Waals surface area contributed by atoms with Gasteiger partial charge in [-0.3, -0.25) is 10.1 Å². The second kappa shape index (κ2) is 8.93. The molecule has 10 heteroatoms. The Hall–Kier alpha value is -3.10. The smallest absolute Gasteiger partial charge is 0.411 e. The van der Waals surface area contributed by atoms with Crippen molar-refractivity contribution < 1.29 is 14.3 Å². The molecule has 0 radical (unpaired) electrons. The van der Waals surface area contributed by atoms with Crippen LogP contribution in [-0.4, -0.2) is 33.9 Å². The highest BCUT2D eigenvalue weighted by atomic mass is 35.5. The summed E-state index contributed by atoms with van der Waals surface area (Å²) in [7, 11) is 1.27. The van der Waals surface area contributed by atoms with E-state index in [1.54, 1.807) is 42.5 Å². The van der Waals surface area contributed by atoms with Crippen LogP contribution < -0.4 is 10.6 Å². The lowest BCUT2D eigenvalue weighted by molar-refractivity contribution is 0.101. The number of hydrogen-bond acceptors (Lipinski definition) is 5. The first-order chi connectivity index (χ1) is 13.9. The van der Waals surface area contributed by atoms with Crippen LogP contribution in [0.1, 0.15) is 23.4 Å². The van der Waals surface area contributed by atoms with Gasteiger partial charge < -0.3 is 10.1 Å². The highest BCUT2D eigenvalue weighted by molar-refractivity contribution is 6.37. The van der Waals surface area contributed by atoms with Gasteiger partial charge in [-0.15, -0.1) is 5.10 Å². The molecule has 2 N–H and O–H groups in total. The number of nitrogens with one attached hydrogen (secondary N) is 2. The summed E-state index contributed by atoms with van der Waals surface area (Å²) < 4.78 is 6.00. The van der Waals surface area contributed by atoms with Gasteiger partial charge in [0.2, 0.25) is 5.82 Å². The van der Waals surface area contributed by atoms with E-state index in [1.807, 2.05) is 6.92 Å². The SMILES string of the molecule is CCc1nc(C(=O)Nc2ccc(NC(=O)OC)cc2)nn1-c1c(Cl)cccc1Cl. The molecule has 0 spiro atoms. The largest absolute Gasteiger partial charge is 0.453 e. The van der Waals surface area contributed by atoms with Crippen LogP contribution in [0.3, 0.4) is 0 Å². The minimum absolute atomic E-state index is 0.0189. The minimum Gasteiger partial charge on any atom is -0.453 e.